The van der Waals surface area contributed by atoms with E-state index in [2.05, 4.69) is 31.3 Å². The highest BCUT2D eigenvalue weighted by atomic mass is 16.2. The number of carbonyl (C=O) groups is 3. The molecular weight excluding hydrogens is 508 g/mol. The van der Waals surface area contributed by atoms with Crippen LogP contribution >= 0.6 is 0 Å². The molecule has 3 amide bonds. The first kappa shape index (κ1) is 25.8. The van der Waals surface area contributed by atoms with Gasteiger partial charge in [0.2, 0.25) is 6.17 Å². The van der Waals surface area contributed by atoms with Gasteiger partial charge in [0, 0.05) is 28.7 Å². The lowest BCUT2D eigenvalue weighted by atomic mass is 9.82. The predicted molar refractivity (Wildman–Crippen MR) is 150 cm³/mol. The number of aromatic amines is 1. The quantitative estimate of drug-likeness (QED) is 0.413. The van der Waals surface area contributed by atoms with Crippen LogP contribution in [0, 0.1) is 18.8 Å². The van der Waals surface area contributed by atoms with E-state index in [-0.39, 0.29) is 24.2 Å². The fourth-order valence-electron chi connectivity index (χ4n) is 5.71. The number of aliphatic imine (C=N–C) groups is 1. The molecule has 6 rings (SSSR count). The van der Waals surface area contributed by atoms with Gasteiger partial charge in [-0.15, -0.1) is 5.10 Å². The number of nitrogens with one attached hydrogen (secondary N) is 3. The fraction of sp³-hybridized carbons (Fsp3) is 0.414. The van der Waals surface area contributed by atoms with E-state index >= 15 is 0 Å². The van der Waals surface area contributed by atoms with Crippen LogP contribution in [0.1, 0.15) is 56.1 Å². The van der Waals surface area contributed by atoms with Crippen molar-refractivity contribution >= 4 is 34.8 Å². The Morgan fingerprint density at radius 3 is 2.60 bits per heavy atom. The smallest absolute Gasteiger partial charge is 0.308 e. The number of urea groups is 1. The van der Waals surface area contributed by atoms with Gasteiger partial charge >= 0.3 is 6.03 Å². The Morgan fingerprint density at radius 1 is 1.05 bits per heavy atom. The fourth-order valence-corrected chi connectivity index (χ4v) is 5.71. The Hall–Kier alpha value is -4.41. The van der Waals surface area contributed by atoms with Crippen LogP contribution in [0.5, 0.6) is 0 Å². The largest absolute Gasteiger partial charge is 0.321 e. The van der Waals surface area contributed by atoms with E-state index in [0.29, 0.717) is 17.1 Å². The van der Waals surface area contributed by atoms with Gasteiger partial charge in [-0.3, -0.25) is 14.6 Å². The van der Waals surface area contributed by atoms with Crippen LogP contribution in [0.3, 0.4) is 0 Å². The first-order valence-electron chi connectivity index (χ1n) is 13.9. The zero-order valence-corrected chi connectivity index (χ0v) is 22.4. The number of benzodiazepines with no additional fused rings is 1. The number of benzene rings is 2. The second-order valence-electron chi connectivity index (χ2n) is 10.8. The molecule has 40 heavy (non-hydrogen) atoms. The summed E-state index contributed by atoms with van der Waals surface area (Å²) in [6.07, 6.45) is 5.87. The number of anilines is 2. The average Bonchev–Trinajstić information content (AvgIpc) is 3.69. The second kappa shape index (κ2) is 11.0. The summed E-state index contributed by atoms with van der Waals surface area (Å²) in [5.74, 6) is 0.288. The molecule has 0 spiro atoms. The van der Waals surface area contributed by atoms with Crippen LogP contribution in [0.25, 0.3) is 11.4 Å². The third kappa shape index (κ3) is 5.36. The first-order chi connectivity index (χ1) is 19.5. The zero-order chi connectivity index (χ0) is 27.6. The van der Waals surface area contributed by atoms with Crippen molar-refractivity contribution < 1.29 is 14.4 Å². The molecule has 2 aliphatic carbocycles. The highest BCUT2D eigenvalue weighted by Gasteiger charge is 2.39. The topological polar surface area (TPSA) is 145 Å². The molecule has 1 aliphatic heterocycles. The van der Waals surface area contributed by atoms with Crippen molar-refractivity contribution in [1.82, 2.24) is 25.9 Å². The number of carbonyl (C=O) groups excluding carboxylic acids is 3. The molecule has 2 aromatic carbocycles. The molecule has 1 atom stereocenters. The van der Waals surface area contributed by atoms with E-state index in [1.807, 2.05) is 31.2 Å². The third-order valence-electron chi connectivity index (χ3n) is 7.90. The van der Waals surface area contributed by atoms with E-state index in [1.54, 1.807) is 23.1 Å². The van der Waals surface area contributed by atoms with Gasteiger partial charge in [0.25, 0.3) is 5.91 Å². The minimum Gasteiger partial charge on any atom is -0.308 e. The molecule has 11 nitrogen and oxygen atoms in total. The highest BCUT2D eigenvalue weighted by molar-refractivity contribution is 6.16. The Bertz CT molecular complexity index is 1460. The van der Waals surface area contributed by atoms with Gasteiger partial charge in [-0.05, 0) is 60.7 Å². The van der Waals surface area contributed by atoms with Crippen LogP contribution in [0.4, 0.5) is 16.2 Å². The van der Waals surface area contributed by atoms with Crippen LogP contribution in [-0.4, -0.2) is 56.8 Å². The molecule has 2 fully saturated rings. The van der Waals surface area contributed by atoms with Crippen molar-refractivity contribution in [3.63, 3.8) is 0 Å². The number of hydrogen-bond donors (Lipinski definition) is 3. The molecule has 206 valence electrons. The van der Waals surface area contributed by atoms with Crippen molar-refractivity contribution in [1.29, 1.82) is 0 Å². The number of nitrogens with zero attached hydrogens (tertiary/aromatic N) is 5. The summed E-state index contributed by atoms with van der Waals surface area (Å²) in [6.45, 7) is 1.93. The van der Waals surface area contributed by atoms with E-state index in [1.165, 1.54) is 6.42 Å². The molecule has 3 N–H and O–H groups in total. The molecule has 2 heterocycles. The molecule has 11 heteroatoms. The minimum absolute atomic E-state index is 0.00352. The third-order valence-corrected chi connectivity index (χ3v) is 7.90. The summed E-state index contributed by atoms with van der Waals surface area (Å²) in [4.78, 5) is 46.8. The standard InChI is InChI=1S/C29H32N8O3/c1-17-7-5-12-22-24(19-8-3-2-4-9-19)31-27(28(39)37(25(17)22)16-23(38)18-13-14-18)32-29(40)30-21-11-6-10-20(15-21)26-33-35-36-34-26/h5-7,10-12,15,18-19,27H,2-4,8-9,13-14,16H2,1H3,(H2,30,32,40)(H,33,34,35,36)/t27-/m0/s1. The molecule has 0 saturated heterocycles. The molecule has 2 saturated carbocycles. The molecule has 0 bridgehead atoms. The number of amides is 3. The number of aromatic nitrogens is 4. The summed E-state index contributed by atoms with van der Waals surface area (Å²) in [7, 11) is 0. The van der Waals surface area contributed by atoms with E-state index in [4.69, 9.17) is 4.99 Å². The van der Waals surface area contributed by atoms with Gasteiger partial charge in [0.05, 0.1) is 17.9 Å². The van der Waals surface area contributed by atoms with Crippen molar-refractivity contribution in [2.75, 3.05) is 16.8 Å². The highest BCUT2D eigenvalue weighted by Crippen LogP contribution is 2.37. The lowest BCUT2D eigenvalue weighted by molar-refractivity contribution is -0.124. The first-order valence-corrected chi connectivity index (χ1v) is 13.9. The number of rotatable bonds is 7. The van der Waals surface area contributed by atoms with Gasteiger partial charge in [-0.2, -0.15) is 0 Å². The Kier molecular flexibility index (Phi) is 7.10. The SMILES string of the molecule is Cc1cccc2c1N(CC(=O)C1CC1)C(=O)[C@H](NC(=O)Nc1cccc(-c3nnn[nH]3)c1)N=C2C1CCCCC1. The maximum Gasteiger partial charge on any atom is 0.321 e. The maximum atomic E-state index is 14.1. The average molecular weight is 541 g/mol. The lowest BCUT2D eigenvalue weighted by Gasteiger charge is -2.27. The van der Waals surface area contributed by atoms with Crippen molar-refractivity contribution in [2.45, 2.75) is 58.0 Å². The number of hydrogen-bond acceptors (Lipinski definition) is 7. The van der Waals surface area contributed by atoms with Gasteiger partial charge in [-0.25, -0.2) is 9.89 Å². The normalized spacial score (nSPS) is 19.4. The number of ketones is 1. The van der Waals surface area contributed by atoms with Crippen LogP contribution < -0.4 is 15.5 Å². The van der Waals surface area contributed by atoms with Gasteiger partial charge in [0.1, 0.15) is 0 Å². The minimum atomic E-state index is -1.17. The Labute approximate surface area is 231 Å². The van der Waals surface area contributed by atoms with Crippen molar-refractivity contribution in [3.05, 3.63) is 53.6 Å². The number of fused-ring (bicyclic) bond motifs is 1. The zero-order valence-electron chi connectivity index (χ0n) is 22.4. The molecule has 1 aromatic heterocycles. The van der Waals surface area contributed by atoms with Gasteiger partial charge in [0.15, 0.2) is 11.6 Å². The number of tetrazole rings is 1. The van der Waals surface area contributed by atoms with Gasteiger partial charge < -0.3 is 15.5 Å². The summed E-state index contributed by atoms with van der Waals surface area (Å²) in [5, 5.41) is 19.4. The summed E-state index contributed by atoms with van der Waals surface area (Å²) >= 11 is 0. The molecule has 0 unspecified atom stereocenters. The van der Waals surface area contributed by atoms with Crippen molar-refractivity contribution in [2.24, 2.45) is 16.8 Å². The van der Waals surface area contributed by atoms with Crippen LogP contribution in [0.15, 0.2) is 47.5 Å². The summed E-state index contributed by atoms with van der Waals surface area (Å²) < 4.78 is 0. The number of aryl methyl sites for hydroxylation is 1. The molecule has 3 aromatic rings. The number of para-hydroxylation sites is 1. The van der Waals surface area contributed by atoms with E-state index in [9.17, 15) is 14.4 Å². The Balaban J connectivity index is 1.32. The number of H-pyrrole nitrogens is 1. The maximum absolute atomic E-state index is 14.1. The predicted octanol–water partition coefficient (Wildman–Crippen LogP) is 4.02. The Morgan fingerprint density at radius 2 is 1.85 bits per heavy atom. The molecular formula is C29H32N8O3. The number of Topliss-reactive ketones (excluding diaryl/α,β-unsaturated/α-hetero) is 1. The summed E-state index contributed by atoms with van der Waals surface area (Å²) in [6, 6.07) is 12.4. The van der Waals surface area contributed by atoms with Crippen LogP contribution in [0.2, 0.25) is 0 Å². The van der Waals surface area contributed by atoms with E-state index < -0.39 is 18.1 Å². The molecule has 0 radical (unpaired) electrons. The van der Waals surface area contributed by atoms with Crippen molar-refractivity contribution in [3.8, 4) is 11.4 Å². The second-order valence-corrected chi connectivity index (χ2v) is 10.8. The monoisotopic (exact) mass is 540 g/mol. The summed E-state index contributed by atoms with van der Waals surface area (Å²) in [5.41, 5.74) is 4.54. The van der Waals surface area contributed by atoms with Crippen LogP contribution in [-0.2, 0) is 9.59 Å². The lowest BCUT2D eigenvalue weighted by Crippen LogP contribution is -2.50. The van der Waals surface area contributed by atoms with Gasteiger partial charge in [-0.1, -0.05) is 49.6 Å². The molecule has 3 aliphatic rings. The van der Waals surface area contributed by atoms with E-state index in [0.717, 1.165) is 61.1 Å².